The van der Waals surface area contributed by atoms with Gasteiger partial charge in [0.05, 0.1) is 21.2 Å². The molecule has 0 atom stereocenters. The van der Waals surface area contributed by atoms with Gasteiger partial charge in [0, 0.05) is 35.8 Å². The third-order valence-corrected chi connectivity index (χ3v) is 6.14. The van der Waals surface area contributed by atoms with Crippen LogP contribution >= 0.6 is 23.5 Å². The van der Waals surface area contributed by atoms with Crippen molar-refractivity contribution in [3.8, 4) is 11.4 Å². The zero-order valence-electron chi connectivity index (χ0n) is 16.0. The molecule has 16 heteroatoms. The molecule has 0 aliphatic carbocycles. The molecule has 0 saturated heterocycles. The lowest BCUT2D eigenvalue weighted by Crippen LogP contribution is -2.01. The highest BCUT2D eigenvalue weighted by molar-refractivity contribution is 8.02. The molecule has 0 bridgehead atoms. The van der Waals surface area contributed by atoms with Gasteiger partial charge in [-0.05, 0) is 45.1 Å². The van der Waals surface area contributed by atoms with Crippen LogP contribution in [-0.4, -0.2) is 61.8 Å². The van der Waals surface area contributed by atoms with E-state index in [1.54, 1.807) is 24.3 Å². The molecule has 0 spiro atoms. The Hall–Kier alpha value is -3.92. The first-order valence-corrected chi connectivity index (χ1v) is 10.8. The maximum absolute atomic E-state index is 10.8. The standard InChI is InChI=1S/C16H12N10O4S2/c27-25(28)13-5-1-11(2-6-13)23-15(17-19-21-23)31-9-10-32-16-18-20-22-24(16)12-3-7-14(8-4-12)26(29)30/h1-8H,9-10H2. The molecule has 0 fully saturated rings. The molecule has 14 nitrogen and oxygen atoms in total. The van der Waals surface area contributed by atoms with Gasteiger partial charge in [0.2, 0.25) is 10.3 Å². The number of thioether (sulfide) groups is 2. The van der Waals surface area contributed by atoms with E-state index in [1.807, 2.05) is 0 Å². The zero-order chi connectivity index (χ0) is 22.5. The Kier molecular flexibility index (Phi) is 6.31. The van der Waals surface area contributed by atoms with Crippen molar-refractivity contribution in [1.29, 1.82) is 0 Å². The first-order chi connectivity index (χ1) is 15.5. The Morgan fingerprint density at radius 2 is 1.06 bits per heavy atom. The van der Waals surface area contributed by atoms with E-state index in [0.29, 0.717) is 33.2 Å². The number of tetrazole rings is 2. The van der Waals surface area contributed by atoms with Gasteiger partial charge in [0.15, 0.2) is 0 Å². The van der Waals surface area contributed by atoms with Crippen molar-refractivity contribution >= 4 is 34.9 Å². The third-order valence-electron chi connectivity index (χ3n) is 4.04. The normalized spacial score (nSPS) is 10.9. The number of rotatable bonds is 9. The molecule has 4 rings (SSSR count). The van der Waals surface area contributed by atoms with Crippen LogP contribution in [-0.2, 0) is 0 Å². The summed E-state index contributed by atoms with van der Waals surface area (Å²) in [7, 11) is 0. The molecular formula is C16H12N10O4S2. The Bertz CT molecular complexity index is 1140. The molecule has 2 aromatic heterocycles. The fraction of sp³-hybridized carbons (Fsp3) is 0.125. The predicted molar refractivity (Wildman–Crippen MR) is 113 cm³/mol. The minimum atomic E-state index is -0.472. The summed E-state index contributed by atoms with van der Waals surface area (Å²) in [4.78, 5) is 20.7. The first kappa shape index (κ1) is 21.3. The van der Waals surface area contributed by atoms with Crippen LogP contribution in [0.4, 0.5) is 11.4 Å². The second-order valence-corrected chi connectivity index (χ2v) is 8.11. The fourth-order valence-corrected chi connectivity index (χ4v) is 4.31. The minimum Gasteiger partial charge on any atom is -0.258 e. The number of benzene rings is 2. The zero-order valence-corrected chi connectivity index (χ0v) is 17.6. The van der Waals surface area contributed by atoms with Gasteiger partial charge >= 0.3 is 0 Å². The van der Waals surface area contributed by atoms with Crippen LogP contribution in [0.3, 0.4) is 0 Å². The lowest BCUT2D eigenvalue weighted by Gasteiger charge is -2.05. The molecule has 32 heavy (non-hydrogen) atoms. The van der Waals surface area contributed by atoms with E-state index in [9.17, 15) is 20.2 Å². The van der Waals surface area contributed by atoms with E-state index in [0.717, 1.165) is 0 Å². The summed E-state index contributed by atoms with van der Waals surface area (Å²) >= 11 is 2.81. The quantitative estimate of drug-likeness (QED) is 0.151. The van der Waals surface area contributed by atoms with Crippen molar-refractivity contribution in [1.82, 2.24) is 40.4 Å². The number of nitro benzene ring substituents is 2. The maximum atomic E-state index is 10.8. The lowest BCUT2D eigenvalue weighted by atomic mass is 10.3. The molecule has 0 radical (unpaired) electrons. The molecule has 4 aromatic rings. The summed E-state index contributed by atoms with van der Waals surface area (Å²) in [6.07, 6.45) is 0. The van der Waals surface area contributed by atoms with Gasteiger partial charge in [-0.2, -0.15) is 9.36 Å². The summed E-state index contributed by atoms with van der Waals surface area (Å²) in [6.45, 7) is 0. The lowest BCUT2D eigenvalue weighted by molar-refractivity contribution is -0.385. The van der Waals surface area contributed by atoms with Gasteiger partial charge in [0.1, 0.15) is 0 Å². The van der Waals surface area contributed by atoms with Crippen LogP contribution in [0.25, 0.3) is 11.4 Å². The molecule has 2 heterocycles. The van der Waals surface area contributed by atoms with Crippen LogP contribution in [0.1, 0.15) is 0 Å². The number of nitrogens with zero attached hydrogens (tertiary/aromatic N) is 10. The van der Waals surface area contributed by atoms with E-state index < -0.39 is 9.85 Å². The maximum Gasteiger partial charge on any atom is 0.269 e. The van der Waals surface area contributed by atoms with Crippen LogP contribution in [0.15, 0.2) is 58.8 Å². The average Bonchev–Trinajstić information content (AvgIpc) is 3.46. The van der Waals surface area contributed by atoms with Crippen LogP contribution in [0, 0.1) is 20.2 Å². The highest BCUT2D eigenvalue weighted by Crippen LogP contribution is 2.24. The van der Waals surface area contributed by atoms with Crippen LogP contribution in [0.2, 0.25) is 0 Å². The topological polar surface area (TPSA) is 173 Å². The largest absolute Gasteiger partial charge is 0.269 e. The second kappa shape index (κ2) is 9.48. The van der Waals surface area contributed by atoms with Gasteiger partial charge in [-0.1, -0.05) is 23.5 Å². The monoisotopic (exact) mass is 472 g/mol. The van der Waals surface area contributed by atoms with Gasteiger partial charge in [-0.15, -0.1) is 10.2 Å². The molecule has 0 saturated carbocycles. The fourth-order valence-electron chi connectivity index (χ4n) is 2.56. The number of non-ortho nitro benzene ring substituents is 2. The summed E-state index contributed by atoms with van der Waals surface area (Å²) in [5.41, 5.74) is 1.19. The van der Waals surface area contributed by atoms with E-state index in [1.165, 1.54) is 57.2 Å². The van der Waals surface area contributed by atoms with E-state index in [2.05, 4.69) is 31.1 Å². The Morgan fingerprint density at radius 1 is 0.688 bits per heavy atom. The number of nitro groups is 2. The predicted octanol–water partition coefficient (Wildman–Crippen LogP) is 2.34. The average molecular weight is 472 g/mol. The second-order valence-electron chi connectivity index (χ2n) is 5.99. The number of aromatic nitrogens is 8. The third kappa shape index (κ3) is 4.70. The van der Waals surface area contributed by atoms with Gasteiger partial charge < -0.3 is 0 Å². The summed E-state index contributed by atoms with van der Waals surface area (Å²) < 4.78 is 3.00. The molecule has 0 aliphatic rings. The smallest absolute Gasteiger partial charge is 0.258 e. The summed E-state index contributed by atoms with van der Waals surface area (Å²) in [5.74, 6) is 1.26. The van der Waals surface area contributed by atoms with Crippen molar-refractivity contribution in [2.75, 3.05) is 11.5 Å². The first-order valence-electron chi connectivity index (χ1n) is 8.85. The molecule has 0 N–H and O–H groups in total. The summed E-state index contributed by atoms with van der Waals surface area (Å²) in [5, 5.41) is 45.9. The van der Waals surface area contributed by atoms with Crippen molar-refractivity contribution in [3.05, 3.63) is 68.8 Å². The Labute approximate surface area is 187 Å². The van der Waals surface area contributed by atoms with Crippen LogP contribution in [0.5, 0.6) is 0 Å². The molecule has 0 aliphatic heterocycles. The Balaban J connectivity index is 1.36. The highest BCUT2D eigenvalue weighted by atomic mass is 32.2. The van der Waals surface area contributed by atoms with Crippen molar-refractivity contribution in [3.63, 3.8) is 0 Å². The van der Waals surface area contributed by atoms with E-state index in [-0.39, 0.29) is 11.4 Å². The molecular weight excluding hydrogens is 460 g/mol. The van der Waals surface area contributed by atoms with Gasteiger partial charge in [-0.3, -0.25) is 20.2 Å². The van der Waals surface area contributed by atoms with Gasteiger partial charge in [-0.25, -0.2) is 0 Å². The highest BCUT2D eigenvalue weighted by Gasteiger charge is 2.13. The molecule has 0 unspecified atom stereocenters. The SMILES string of the molecule is O=[N+]([O-])c1ccc(-n2nnnc2SCCSc2nnnn2-c2ccc([N+](=O)[O-])cc2)cc1. The Morgan fingerprint density at radius 3 is 1.41 bits per heavy atom. The van der Waals surface area contributed by atoms with E-state index in [4.69, 9.17) is 0 Å². The summed E-state index contributed by atoms with van der Waals surface area (Å²) in [6, 6.07) is 11.9. The number of hydrogen-bond acceptors (Lipinski definition) is 12. The number of hydrogen-bond donors (Lipinski definition) is 0. The van der Waals surface area contributed by atoms with E-state index >= 15 is 0 Å². The van der Waals surface area contributed by atoms with Crippen molar-refractivity contribution in [2.45, 2.75) is 10.3 Å². The molecule has 0 amide bonds. The molecule has 162 valence electrons. The van der Waals surface area contributed by atoms with Crippen molar-refractivity contribution < 1.29 is 9.85 Å². The molecule has 2 aromatic carbocycles. The minimum absolute atomic E-state index is 0.0156. The van der Waals surface area contributed by atoms with Crippen LogP contribution < -0.4 is 0 Å². The van der Waals surface area contributed by atoms with Crippen molar-refractivity contribution in [2.24, 2.45) is 0 Å². The van der Waals surface area contributed by atoms with Gasteiger partial charge in [0.25, 0.3) is 11.4 Å².